The first-order valence-corrected chi connectivity index (χ1v) is 10.6. The zero-order valence-corrected chi connectivity index (χ0v) is 17.8. The Morgan fingerprint density at radius 1 is 0.893 bits per heavy atom. The maximum atomic E-state index is 12.7. The highest BCUT2D eigenvalue weighted by Gasteiger charge is 2.14. The van der Waals surface area contributed by atoms with Crippen molar-refractivity contribution in [2.45, 2.75) is 44.4 Å². The highest BCUT2D eigenvalue weighted by molar-refractivity contribution is 7.98. The average Bonchev–Trinajstić information content (AvgIpc) is 2.70. The predicted molar refractivity (Wildman–Crippen MR) is 119 cm³/mol. The molecule has 0 aliphatic carbocycles. The van der Waals surface area contributed by atoms with Crippen molar-refractivity contribution in [2.75, 3.05) is 0 Å². The minimum atomic E-state index is -0.0348. The molecule has 3 aromatic rings. The smallest absolute Gasteiger partial charge is 0.251 e. The van der Waals surface area contributed by atoms with Gasteiger partial charge in [0.05, 0.1) is 6.04 Å². The molecule has 1 N–H and O–H groups in total. The lowest BCUT2D eigenvalue weighted by atomic mass is 9.96. The molecule has 0 bridgehead atoms. The first-order chi connectivity index (χ1) is 13.4. The Bertz CT molecular complexity index is 948. The van der Waals surface area contributed by atoms with Gasteiger partial charge in [-0.3, -0.25) is 4.79 Å². The van der Waals surface area contributed by atoms with Crippen molar-refractivity contribution < 1.29 is 4.79 Å². The molecule has 0 spiro atoms. The van der Waals surface area contributed by atoms with Crippen molar-refractivity contribution in [1.29, 1.82) is 0 Å². The molecule has 28 heavy (non-hydrogen) atoms. The molecule has 3 rings (SSSR count). The number of hydrogen-bond donors (Lipinski definition) is 1. The van der Waals surface area contributed by atoms with Gasteiger partial charge in [-0.2, -0.15) is 0 Å². The molecule has 1 atom stereocenters. The minimum Gasteiger partial charge on any atom is -0.346 e. The Hall–Kier alpha value is -2.52. The molecule has 0 saturated carbocycles. The zero-order valence-electron chi connectivity index (χ0n) is 17.0. The van der Waals surface area contributed by atoms with Gasteiger partial charge in [-0.05, 0) is 79.8 Å². The van der Waals surface area contributed by atoms with Crippen LogP contribution in [0.3, 0.4) is 0 Å². The first kappa shape index (κ1) is 20.2. The molecule has 0 aliphatic heterocycles. The second-order valence-electron chi connectivity index (χ2n) is 7.29. The van der Waals surface area contributed by atoms with Gasteiger partial charge in [0, 0.05) is 16.2 Å². The summed E-state index contributed by atoms with van der Waals surface area (Å²) in [6.07, 6.45) is 0. The predicted octanol–water partition coefficient (Wildman–Crippen LogP) is 6.40. The van der Waals surface area contributed by atoms with Gasteiger partial charge >= 0.3 is 0 Å². The summed E-state index contributed by atoms with van der Waals surface area (Å²) in [5.41, 5.74) is 6.83. The van der Waals surface area contributed by atoms with Crippen LogP contribution in [0, 0.1) is 20.8 Å². The number of nitrogens with one attached hydrogen (secondary N) is 1. The van der Waals surface area contributed by atoms with Crippen molar-refractivity contribution in [3.8, 4) is 0 Å². The van der Waals surface area contributed by atoms with Gasteiger partial charge in [0.2, 0.25) is 0 Å². The second-order valence-corrected chi connectivity index (χ2v) is 8.34. The Labute approximate surface area is 172 Å². The fourth-order valence-corrected chi connectivity index (χ4v) is 4.12. The minimum absolute atomic E-state index is 0.0277. The molecule has 144 valence electrons. The third-order valence-electron chi connectivity index (χ3n) is 5.06. The number of hydrogen-bond acceptors (Lipinski definition) is 2. The lowest BCUT2D eigenvalue weighted by molar-refractivity contribution is 0.0940. The molecule has 0 radical (unpaired) electrons. The van der Waals surface area contributed by atoms with E-state index in [9.17, 15) is 4.79 Å². The van der Waals surface area contributed by atoms with Gasteiger partial charge in [0.15, 0.2) is 0 Å². The molecule has 1 amide bonds. The van der Waals surface area contributed by atoms with Crippen LogP contribution in [-0.2, 0) is 5.75 Å². The van der Waals surface area contributed by atoms with E-state index in [-0.39, 0.29) is 11.9 Å². The standard InChI is InChI=1S/C25H27NOS/c1-17-14-19(3)24(15-18(17)2)20(4)26-25(27)22-12-10-21(11-13-22)16-28-23-8-6-5-7-9-23/h5-15,20H,16H2,1-4H3,(H,26,27)/t20-/m0/s1. The third-order valence-corrected chi connectivity index (χ3v) is 6.14. The molecule has 0 fully saturated rings. The number of thioether (sulfide) groups is 1. The van der Waals surface area contributed by atoms with Gasteiger partial charge in [0.25, 0.3) is 5.91 Å². The fourth-order valence-electron chi connectivity index (χ4n) is 3.24. The van der Waals surface area contributed by atoms with Crippen molar-refractivity contribution >= 4 is 17.7 Å². The van der Waals surface area contributed by atoms with E-state index in [0.717, 1.165) is 5.75 Å². The molecule has 0 aromatic heterocycles. The highest BCUT2D eigenvalue weighted by atomic mass is 32.2. The van der Waals surface area contributed by atoms with Gasteiger partial charge in [-0.1, -0.05) is 42.5 Å². The van der Waals surface area contributed by atoms with Crippen LogP contribution in [0.2, 0.25) is 0 Å². The maximum Gasteiger partial charge on any atom is 0.251 e. The summed E-state index contributed by atoms with van der Waals surface area (Å²) in [5.74, 6) is 0.858. The molecular weight excluding hydrogens is 362 g/mol. The van der Waals surface area contributed by atoms with Gasteiger partial charge < -0.3 is 5.32 Å². The van der Waals surface area contributed by atoms with Gasteiger partial charge in [-0.25, -0.2) is 0 Å². The van der Waals surface area contributed by atoms with Crippen LogP contribution in [0.4, 0.5) is 0 Å². The van der Waals surface area contributed by atoms with Crippen LogP contribution in [0.25, 0.3) is 0 Å². The van der Waals surface area contributed by atoms with E-state index < -0.39 is 0 Å². The Kier molecular flexibility index (Phi) is 6.58. The van der Waals surface area contributed by atoms with E-state index in [2.05, 4.69) is 50.4 Å². The van der Waals surface area contributed by atoms with Crippen LogP contribution in [0.1, 0.15) is 51.1 Å². The molecule has 3 aromatic carbocycles. The number of aryl methyl sites for hydroxylation is 3. The number of amides is 1. The largest absolute Gasteiger partial charge is 0.346 e. The lowest BCUT2D eigenvalue weighted by Crippen LogP contribution is -2.27. The molecule has 0 heterocycles. The summed E-state index contributed by atoms with van der Waals surface area (Å²) >= 11 is 1.80. The Morgan fingerprint density at radius 2 is 1.54 bits per heavy atom. The highest BCUT2D eigenvalue weighted by Crippen LogP contribution is 2.24. The van der Waals surface area contributed by atoms with E-state index in [1.165, 1.54) is 32.7 Å². The summed E-state index contributed by atoms with van der Waals surface area (Å²) in [6, 6.07) is 22.6. The van der Waals surface area contributed by atoms with E-state index in [4.69, 9.17) is 0 Å². The van der Waals surface area contributed by atoms with Gasteiger partial charge in [-0.15, -0.1) is 11.8 Å². The number of benzene rings is 3. The van der Waals surface area contributed by atoms with E-state index in [1.807, 2.05) is 49.4 Å². The van der Waals surface area contributed by atoms with Crippen molar-refractivity contribution in [1.82, 2.24) is 5.32 Å². The quantitative estimate of drug-likeness (QED) is 0.495. The molecule has 0 aliphatic rings. The summed E-state index contributed by atoms with van der Waals surface area (Å²) in [7, 11) is 0. The summed E-state index contributed by atoms with van der Waals surface area (Å²) in [4.78, 5) is 13.9. The Balaban J connectivity index is 1.62. The van der Waals surface area contributed by atoms with E-state index in [1.54, 1.807) is 11.8 Å². The average molecular weight is 390 g/mol. The van der Waals surface area contributed by atoms with Crippen LogP contribution >= 0.6 is 11.8 Å². The van der Waals surface area contributed by atoms with Crippen LogP contribution in [0.5, 0.6) is 0 Å². The number of carbonyl (C=O) groups is 1. The molecule has 0 saturated heterocycles. The fraction of sp³-hybridized carbons (Fsp3) is 0.240. The normalized spacial score (nSPS) is 11.9. The van der Waals surface area contributed by atoms with Crippen LogP contribution in [0.15, 0.2) is 71.6 Å². The van der Waals surface area contributed by atoms with E-state index >= 15 is 0 Å². The summed E-state index contributed by atoms with van der Waals surface area (Å²) in [5, 5.41) is 3.13. The van der Waals surface area contributed by atoms with E-state index in [0.29, 0.717) is 5.56 Å². The molecular formula is C25H27NOS. The Morgan fingerprint density at radius 3 is 2.21 bits per heavy atom. The van der Waals surface area contributed by atoms with Crippen molar-refractivity contribution in [3.05, 3.63) is 100 Å². The molecule has 3 heteroatoms. The maximum absolute atomic E-state index is 12.7. The second kappa shape index (κ2) is 9.11. The van der Waals surface area contributed by atoms with Gasteiger partial charge in [0.1, 0.15) is 0 Å². The number of rotatable bonds is 6. The summed E-state index contributed by atoms with van der Waals surface area (Å²) < 4.78 is 0. The number of carbonyl (C=O) groups excluding carboxylic acids is 1. The lowest BCUT2D eigenvalue weighted by Gasteiger charge is -2.18. The van der Waals surface area contributed by atoms with Crippen molar-refractivity contribution in [2.24, 2.45) is 0 Å². The summed E-state index contributed by atoms with van der Waals surface area (Å²) in [6.45, 7) is 8.37. The molecule has 0 unspecified atom stereocenters. The third kappa shape index (κ3) is 5.05. The monoisotopic (exact) mass is 389 g/mol. The van der Waals surface area contributed by atoms with Crippen molar-refractivity contribution in [3.63, 3.8) is 0 Å². The molecule has 2 nitrogen and oxygen atoms in total. The topological polar surface area (TPSA) is 29.1 Å². The zero-order chi connectivity index (χ0) is 20.1. The SMILES string of the molecule is Cc1cc(C)c([C@H](C)NC(=O)c2ccc(CSc3ccccc3)cc2)cc1C. The first-order valence-electron chi connectivity index (χ1n) is 9.59. The van der Waals surface area contributed by atoms with Crippen LogP contribution < -0.4 is 5.32 Å². The van der Waals surface area contributed by atoms with Crippen LogP contribution in [-0.4, -0.2) is 5.91 Å².